The molecular weight excluding hydrogens is 306 g/mol. The molecular formula is C19H25NO4. The number of hydrogen-bond acceptors (Lipinski definition) is 4. The van der Waals surface area contributed by atoms with Crippen molar-refractivity contribution in [1.29, 1.82) is 0 Å². The Morgan fingerprint density at radius 1 is 1.33 bits per heavy atom. The number of ether oxygens (including phenoxy) is 2. The maximum atomic E-state index is 13.0. The van der Waals surface area contributed by atoms with Gasteiger partial charge in [0.05, 0.1) is 12.7 Å². The van der Waals surface area contributed by atoms with Gasteiger partial charge in [0, 0.05) is 6.54 Å². The molecule has 5 heteroatoms. The molecule has 2 fully saturated rings. The van der Waals surface area contributed by atoms with Crippen molar-refractivity contribution in [2.24, 2.45) is 5.92 Å². The van der Waals surface area contributed by atoms with Crippen LogP contribution in [0.1, 0.15) is 32.3 Å². The first-order valence-corrected chi connectivity index (χ1v) is 8.66. The van der Waals surface area contributed by atoms with E-state index in [0.717, 1.165) is 12.0 Å². The molecule has 0 bridgehead atoms. The maximum absolute atomic E-state index is 13.0. The molecule has 130 valence electrons. The van der Waals surface area contributed by atoms with Crippen LogP contribution in [0, 0.1) is 5.92 Å². The molecule has 0 aliphatic carbocycles. The number of benzene rings is 1. The second kappa shape index (κ2) is 7.45. The average molecular weight is 331 g/mol. The molecule has 1 aromatic carbocycles. The molecule has 0 unspecified atom stereocenters. The zero-order valence-electron chi connectivity index (χ0n) is 14.3. The number of carbonyl (C=O) groups is 2. The third-order valence-electron chi connectivity index (χ3n) is 4.65. The summed E-state index contributed by atoms with van der Waals surface area (Å²) in [4.78, 5) is 26.7. The Kier molecular flexibility index (Phi) is 5.31. The number of likely N-dealkylation sites (tertiary alicyclic amines) is 1. The Labute approximate surface area is 142 Å². The number of hydrogen-bond donors (Lipinski definition) is 0. The lowest BCUT2D eigenvalue weighted by atomic mass is 10.0. The predicted molar refractivity (Wildman–Crippen MR) is 89.3 cm³/mol. The quantitative estimate of drug-likeness (QED) is 0.802. The lowest BCUT2D eigenvalue weighted by Gasteiger charge is -2.28. The molecule has 1 amide bonds. The van der Waals surface area contributed by atoms with Gasteiger partial charge in [0.2, 0.25) is 0 Å². The van der Waals surface area contributed by atoms with E-state index < -0.39 is 12.1 Å². The summed E-state index contributed by atoms with van der Waals surface area (Å²) in [6.45, 7) is 5.24. The van der Waals surface area contributed by atoms with Gasteiger partial charge in [-0.25, -0.2) is 0 Å². The number of Topliss-reactive ketones (excluding diaryl/α,β-unsaturated/α-hetero) is 1. The summed E-state index contributed by atoms with van der Waals surface area (Å²) in [6.07, 6.45) is 0.733. The zero-order chi connectivity index (χ0) is 17.1. The van der Waals surface area contributed by atoms with Gasteiger partial charge in [-0.1, -0.05) is 44.2 Å². The van der Waals surface area contributed by atoms with E-state index in [1.54, 1.807) is 4.90 Å². The molecule has 0 saturated carbocycles. The van der Waals surface area contributed by atoms with Gasteiger partial charge in [0.1, 0.15) is 18.8 Å². The minimum absolute atomic E-state index is 0.0113. The lowest BCUT2D eigenvalue weighted by Crippen LogP contribution is -2.47. The lowest BCUT2D eigenvalue weighted by molar-refractivity contribution is -0.148. The smallest absolute Gasteiger partial charge is 0.252 e. The van der Waals surface area contributed by atoms with Gasteiger partial charge < -0.3 is 14.4 Å². The van der Waals surface area contributed by atoms with Crippen molar-refractivity contribution in [1.82, 2.24) is 4.90 Å². The molecule has 5 nitrogen and oxygen atoms in total. The number of fused-ring (bicyclic) bond motifs is 1. The number of ketones is 1. The highest BCUT2D eigenvalue weighted by molar-refractivity contribution is 5.93. The van der Waals surface area contributed by atoms with Gasteiger partial charge in [-0.05, 0) is 24.3 Å². The largest absolute Gasteiger partial charge is 0.368 e. The van der Waals surface area contributed by atoms with Crippen LogP contribution in [-0.4, -0.2) is 48.0 Å². The van der Waals surface area contributed by atoms with Crippen molar-refractivity contribution < 1.29 is 19.1 Å². The average Bonchev–Trinajstić information content (AvgIpc) is 3.15. The van der Waals surface area contributed by atoms with Crippen LogP contribution in [-0.2, 0) is 25.7 Å². The van der Waals surface area contributed by atoms with Crippen molar-refractivity contribution in [3.8, 4) is 0 Å². The number of nitrogens with zero attached hydrogens (tertiary/aromatic N) is 1. The fourth-order valence-corrected chi connectivity index (χ4v) is 3.47. The van der Waals surface area contributed by atoms with E-state index in [-0.39, 0.29) is 24.4 Å². The minimum atomic E-state index is -0.516. The van der Waals surface area contributed by atoms with E-state index in [1.165, 1.54) is 0 Å². The van der Waals surface area contributed by atoms with Crippen LogP contribution in [0.4, 0.5) is 0 Å². The van der Waals surface area contributed by atoms with Crippen LogP contribution >= 0.6 is 0 Å². The molecule has 24 heavy (non-hydrogen) atoms. The van der Waals surface area contributed by atoms with Gasteiger partial charge in [-0.3, -0.25) is 9.59 Å². The first-order valence-electron chi connectivity index (χ1n) is 8.66. The molecule has 2 aliphatic heterocycles. The second-order valence-corrected chi connectivity index (χ2v) is 7.00. The summed E-state index contributed by atoms with van der Waals surface area (Å²) in [5, 5.41) is 0. The standard InChI is InChI=1S/C19H25NO4/c1-13(2)10-17(23-11-14-6-4-3-5-7-14)19(22)20-9-8-16-18(20)15(21)12-24-16/h3-7,13,16-18H,8-12H2,1-2H3/t16-,17+,18-/m1/s1. The first kappa shape index (κ1) is 17.1. The molecule has 2 saturated heterocycles. The van der Waals surface area contributed by atoms with Crippen molar-refractivity contribution in [3.63, 3.8) is 0 Å². The molecule has 2 heterocycles. The Hall–Kier alpha value is -1.72. The first-order chi connectivity index (χ1) is 11.6. The summed E-state index contributed by atoms with van der Waals surface area (Å²) in [6, 6.07) is 9.42. The Balaban J connectivity index is 1.68. The van der Waals surface area contributed by atoms with Crippen molar-refractivity contribution in [2.75, 3.05) is 13.2 Å². The fourth-order valence-electron chi connectivity index (χ4n) is 3.47. The highest BCUT2D eigenvalue weighted by Crippen LogP contribution is 2.28. The molecule has 0 spiro atoms. The summed E-state index contributed by atoms with van der Waals surface area (Å²) >= 11 is 0. The molecule has 0 aromatic heterocycles. The van der Waals surface area contributed by atoms with E-state index in [9.17, 15) is 9.59 Å². The Morgan fingerprint density at radius 2 is 2.08 bits per heavy atom. The van der Waals surface area contributed by atoms with Gasteiger partial charge in [-0.2, -0.15) is 0 Å². The minimum Gasteiger partial charge on any atom is -0.368 e. The predicted octanol–water partition coefficient (Wildman–Crippen LogP) is 2.19. The van der Waals surface area contributed by atoms with Gasteiger partial charge >= 0.3 is 0 Å². The van der Waals surface area contributed by atoms with E-state index in [1.807, 2.05) is 30.3 Å². The van der Waals surface area contributed by atoms with Crippen LogP contribution in [0.5, 0.6) is 0 Å². The topological polar surface area (TPSA) is 55.8 Å². The number of rotatable bonds is 6. The molecule has 1 aromatic rings. The van der Waals surface area contributed by atoms with Crippen LogP contribution in [0.3, 0.4) is 0 Å². The van der Waals surface area contributed by atoms with E-state index >= 15 is 0 Å². The van der Waals surface area contributed by atoms with Gasteiger partial charge in [0.25, 0.3) is 5.91 Å². The second-order valence-electron chi connectivity index (χ2n) is 7.00. The number of carbonyl (C=O) groups excluding carboxylic acids is 2. The molecule has 0 radical (unpaired) electrons. The van der Waals surface area contributed by atoms with Crippen molar-refractivity contribution in [2.45, 2.75) is 51.5 Å². The number of amides is 1. The molecule has 3 atom stereocenters. The summed E-state index contributed by atoms with van der Waals surface area (Å²) < 4.78 is 11.4. The normalized spacial score (nSPS) is 24.5. The zero-order valence-corrected chi connectivity index (χ0v) is 14.3. The van der Waals surface area contributed by atoms with Gasteiger partial charge in [-0.15, -0.1) is 0 Å². The third-order valence-corrected chi connectivity index (χ3v) is 4.65. The Bertz CT molecular complexity index is 586. The third kappa shape index (κ3) is 3.68. The van der Waals surface area contributed by atoms with E-state index in [2.05, 4.69) is 13.8 Å². The SMILES string of the molecule is CC(C)C[C@H](OCc1ccccc1)C(=O)N1CC[C@H]2OCC(=O)[C@H]21. The summed E-state index contributed by atoms with van der Waals surface area (Å²) in [5.74, 6) is 0.270. The van der Waals surface area contributed by atoms with Crippen LogP contribution in [0.25, 0.3) is 0 Å². The summed E-state index contributed by atoms with van der Waals surface area (Å²) in [5.41, 5.74) is 1.04. The molecule has 3 rings (SSSR count). The highest BCUT2D eigenvalue weighted by atomic mass is 16.5. The fraction of sp³-hybridized carbons (Fsp3) is 0.579. The Morgan fingerprint density at radius 3 is 2.79 bits per heavy atom. The maximum Gasteiger partial charge on any atom is 0.252 e. The van der Waals surface area contributed by atoms with E-state index in [0.29, 0.717) is 25.5 Å². The van der Waals surface area contributed by atoms with Crippen LogP contribution < -0.4 is 0 Å². The molecule has 0 N–H and O–H groups in total. The monoisotopic (exact) mass is 331 g/mol. The molecule has 2 aliphatic rings. The summed E-state index contributed by atoms with van der Waals surface area (Å²) in [7, 11) is 0. The van der Waals surface area contributed by atoms with Crippen molar-refractivity contribution in [3.05, 3.63) is 35.9 Å². The van der Waals surface area contributed by atoms with Gasteiger partial charge in [0.15, 0.2) is 5.78 Å². The van der Waals surface area contributed by atoms with Crippen LogP contribution in [0.15, 0.2) is 30.3 Å². The van der Waals surface area contributed by atoms with Crippen molar-refractivity contribution >= 4 is 11.7 Å². The highest BCUT2D eigenvalue weighted by Gasteiger charge is 2.48. The van der Waals surface area contributed by atoms with Crippen LogP contribution in [0.2, 0.25) is 0 Å². The van der Waals surface area contributed by atoms with E-state index in [4.69, 9.17) is 9.47 Å².